The molecular weight excluding hydrogens is 408 g/mol. The minimum atomic E-state index is -0.179. The largest absolute Gasteiger partial charge is 0.322 e. The van der Waals surface area contributed by atoms with Crippen molar-refractivity contribution >= 4 is 28.7 Å². The molecule has 0 atom stereocenters. The quantitative estimate of drug-likeness (QED) is 0.344. The van der Waals surface area contributed by atoms with E-state index in [-0.39, 0.29) is 5.91 Å². The molecular formula is C28H30N4O. The van der Waals surface area contributed by atoms with E-state index in [0.29, 0.717) is 11.8 Å². The number of benzene rings is 3. The summed E-state index contributed by atoms with van der Waals surface area (Å²) >= 11 is 0. The van der Waals surface area contributed by atoms with Gasteiger partial charge in [-0.25, -0.2) is 0 Å². The standard InChI is InChI=1S/C28H30N4O/c1-18(2)22-9-6-21(7-10-22)8-15-28(33)29-25-17-27-26(16-20(25)5)30-32(31-27)24-13-11-23(12-14-24)19(3)4/h6-19H,1-5H3,(H,29,33)/b15-8+. The summed E-state index contributed by atoms with van der Waals surface area (Å²) in [5.74, 6) is 0.787. The van der Waals surface area contributed by atoms with E-state index in [4.69, 9.17) is 0 Å². The Balaban J connectivity index is 1.50. The molecule has 0 saturated carbocycles. The first-order chi connectivity index (χ1) is 15.8. The number of carbonyl (C=O) groups is 1. The highest BCUT2D eigenvalue weighted by atomic mass is 16.1. The summed E-state index contributed by atoms with van der Waals surface area (Å²) in [6.07, 6.45) is 3.38. The maximum absolute atomic E-state index is 12.5. The van der Waals surface area contributed by atoms with Crippen molar-refractivity contribution < 1.29 is 4.79 Å². The zero-order valence-corrected chi connectivity index (χ0v) is 19.8. The van der Waals surface area contributed by atoms with Gasteiger partial charge in [0.05, 0.1) is 5.69 Å². The van der Waals surface area contributed by atoms with Gasteiger partial charge < -0.3 is 5.32 Å². The molecule has 0 saturated heterocycles. The highest BCUT2D eigenvalue weighted by molar-refractivity contribution is 6.03. The highest BCUT2D eigenvalue weighted by Gasteiger charge is 2.10. The molecule has 0 aliphatic carbocycles. The van der Waals surface area contributed by atoms with Crippen molar-refractivity contribution in [2.24, 2.45) is 0 Å². The third kappa shape index (κ3) is 5.20. The topological polar surface area (TPSA) is 59.8 Å². The van der Waals surface area contributed by atoms with Crippen LogP contribution < -0.4 is 5.32 Å². The second-order valence-corrected chi connectivity index (χ2v) is 9.04. The molecule has 4 rings (SSSR count). The second-order valence-electron chi connectivity index (χ2n) is 9.04. The predicted octanol–water partition coefficient (Wildman–Crippen LogP) is 6.63. The van der Waals surface area contributed by atoms with Crippen molar-refractivity contribution in [3.63, 3.8) is 0 Å². The molecule has 0 fully saturated rings. The van der Waals surface area contributed by atoms with E-state index in [1.807, 2.05) is 49.4 Å². The monoisotopic (exact) mass is 438 g/mol. The summed E-state index contributed by atoms with van der Waals surface area (Å²) in [5.41, 5.74) is 7.65. The summed E-state index contributed by atoms with van der Waals surface area (Å²) in [6.45, 7) is 10.6. The van der Waals surface area contributed by atoms with Gasteiger partial charge in [0, 0.05) is 11.8 Å². The normalized spacial score (nSPS) is 11.7. The smallest absolute Gasteiger partial charge is 0.248 e. The molecule has 0 aliphatic rings. The molecule has 4 aromatic rings. The number of nitrogens with one attached hydrogen (secondary N) is 1. The lowest BCUT2D eigenvalue weighted by Gasteiger charge is -2.06. The van der Waals surface area contributed by atoms with Gasteiger partial charge in [-0.15, -0.1) is 10.2 Å². The van der Waals surface area contributed by atoms with Gasteiger partial charge in [0.15, 0.2) is 0 Å². The molecule has 0 unspecified atom stereocenters. The van der Waals surface area contributed by atoms with Crippen LogP contribution in [0, 0.1) is 6.92 Å². The van der Waals surface area contributed by atoms with E-state index < -0.39 is 0 Å². The first-order valence-corrected chi connectivity index (χ1v) is 11.4. The van der Waals surface area contributed by atoms with Gasteiger partial charge in [0.1, 0.15) is 11.0 Å². The zero-order chi connectivity index (χ0) is 23.5. The Hall–Kier alpha value is -3.73. The van der Waals surface area contributed by atoms with E-state index in [1.54, 1.807) is 10.9 Å². The SMILES string of the molecule is Cc1cc2nn(-c3ccc(C(C)C)cc3)nc2cc1NC(=O)/C=C/c1ccc(C(C)C)cc1. The average molecular weight is 439 g/mol. The zero-order valence-electron chi connectivity index (χ0n) is 19.8. The second kappa shape index (κ2) is 9.41. The van der Waals surface area contributed by atoms with Crippen molar-refractivity contribution in [1.29, 1.82) is 0 Å². The summed E-state index contributed by atoms with van der Waals surface area (Å²) in [4.78, 5) is 14.2. The first kappa shape index (κ1) is 22.5. The lowest BCUT2D eigenvalue weighted by atomic mass is 10.0. The van der Waals surface area contributed by atoms with Gasteiger partial charge >= 0.3 is 0 Å². The number of amides is 1. The van der Waals surface area contributed by atoms with Crippen LogP contribution in [0.5, 0.6) is 0 Å². The molecule has 33 heavy (non-hydrogen) atoms. The Morgan fingerprint density at radius 1 is 0.848 bits per heavy atom. The Labute approximate surface area is 195 Å². The van der Waals surface area contributed by atoms with E-state index in [1.165, 1.54) is 11.1 Å². The van der Waals surface area contributed by atoms with E-state index in [9.17, 15) is 4.79 Å². The molecule has 0 radical (unpaired) electrons. The van der Waals surface area contributed by atoms with Gasteiger partial charge in [-0.05, 0) is 71.4 Å². The van der Waals surface area contributed by atoms with Crippen molar-refractivity contribution in [1.82, 2.24) is 15.0 Å². The minimum Gasteiger partial charge on any atom is -0.322 e. The molecule has 168 valence electrons. The maximum Gasteiger partial charge on any atom is 0.248 e. The number of hydrogen-bond donors (Lipinski definition) is 1. The Morgan fingerprint density at radius 2 is 1.39 bits per heavy atom. The number of fused-ring (bicyclic) bond motifs is 1. The van der Waals surface area contributed by atoms with Crippen molar-refractivity contribution in [2.75, 3.05) is 5.32 Å². The molecule has 5 nitrogen and oxygen atoms in total. The highest BCUT2D eigenvalue weighted by Crippen LogP contribution is 2.23. The molecule has 5 heteroatoms. The first-order valence-electron chi connectivity index (χ1n) is 11.4. The molecule has 1 heterocycles. The Kier molecular flexibility index (Phi) is 6.40. The van der Waals surface area contributed by atoms with Gasteiger partial charge in [0.25, 0.3) is 0 Å². The van der Waals surface area contributed by atoms with Crippen LogP contribution in [0.3, 0.4) is 0 Å². The fraction of sp³-hybridized carbons (Fsp3) is 0.250. The number of carbonyl (C=O) groups excluding carboxylic acids is 1. The van der Waals surface area contributed by atoms with Crippen LogP contribution in [0.4, 0.5) is 5.69 Å². The molecule has 3 aromatic carbocycles. The minimum absolute atomic E-state index is 0.179. The fourth-order valence-corrected chi connectivity index (χ4v) is 3.65. The lowest BCUT2D eigenvalue weighted by molar-refractivity contribution is -0.111. The van der Waals surface area contributed by atoms with Crippen LogP contribution in [0.25, 0.3) is 22.8 Å². The lowest BCUT2D eigenvalue weighted by Crippen LogP contribution is -2.08. The third-order valence-electron chi connectivity index (χ3n) is 5.81. The number of aryl methyl sites for hydroxylation is 1. The molecule has 1 amide bonds. The van der Waals surface area contributed by atoms with Crippen LogP contribution in [0.15, 0.2) is 66.7 Å². The molecule has 0 aliphatic heterocycles. The van der Waals surface area contributed by atoms with E-state index >= 15 is 0 Å². The van der Waals surface area contributed by atoms with Crippen LogP contribution in [0.1, 0.15) is 61.8 Å². The molecule has 0 bridgehead atoms. The predicted molar refractivity (Wildman–Crippen MR) is 136 cm³/mol. The number of aromatic nitrogens is 3. The van der Waals surface area contributed by atoms with E-state index in [0.717, 1.165) is 33.5 Å². The Morgan fingerprint density at radius 3 is 1.97 bits per heavy atom. The average Bonchev–Trinajstić information content (AvgIpc) is 3.21. The van der Waals surface area contributed by atoms with Gasteiger partial charge in [-0.1, -0.05) is 64.1 Å². The van der Waals surface area contributed by atoms with Crippen LogP contribution in [0.2, 0.25) is 0 Å². The summed E-state index contributed by atoms with van der Waals surface area (Å²) in [5, 5.41) is 12.2. The summed E-state index contributed by atoms with van der Waals surface area (Å²) in [6, 6.07) is 20.3. The number of anilines is 1. The fourth-order valence-electron chi connectivity index (χ4n) is 3.65. The van der Waals surface area contributed by atoms with Crippen molar-refractivity contribution in [3.8, 4) is 5.69 Å². The van der Waals surface area contributed by atoms with E-state index in [2.05, 4.69) is 67.5 Å². The maximum atomic E-state index is 12.5. The Bertz CT molecular complexity index is 1300. The van der Waals surface area contributed by atoms with Gasteiger partial charge in [-0.3, -0.25) is 4.79 Å². The number of hydrogen-bond acceptors (Lipinski definition) is 3. The van der Waals surface area contributed by atoms with Crippen molar-refractivity contribution in [2.45, 2.75) is 46.5 Å². The van der Waals surface area contributed by atoms with Crippen LogP contribution in [-0.4, -0.2) is 20.9 Å². The third-order valence-corrected chi connectivity index (χ3v) is 5.81. The van der Waals surface area contributed by atoms with Crippen LogP contribution in [-0.2, 0) is 4.79 Å². The molecule has 1 aromatic heterocycles. The number of rotatable bonds is 6. The molecule has 1 N–H and O–H groups in total. The number of nitrogens with zero attached hydrogens (tertiary/aromatic N) is 3. The van der Waals surface area contributed by atoms with Crippen LogP contribution >= 0.6 is 0 Å². The van der Waals surface area contributed by atoms with Crippen molar-refractivity contribution in [3.05, 3.63) is 89.0 Å². The summed E-state index contributed by atoms with van der Waals surface area (Å²) in [7, 11) is 0. The summed E-state index contributed by atoms with van der Waals surface area (Å²) < 4.78 is 0. The van der Waals surface area contributed by atoms with Gasteiger partial charge in [-0.2, -0.15) is 4.80 Å². The van der Waals surface area contributed by atoms with Gasteiger partial charge in [0.2, 0.25) is 5.91 Å². The molecule has 0 spiro atoms.